The van der Waals surface area contributed by atoms with Gasteiger partial charge < -0.3 is 4.57 Å². The summed E-state index contributed by atoms with van der Waals surface area (Å²) in [6, 6.07) is 7.33. The highest BCUT2D eigenvalue weighted by Crippen LogP contribution is 2.28. The summed E-state index contributed by atoms with van der Waals surface area (Å²) in [6.45, 7) is 0.705. The number of rotatable bonds is 4. The van der Waals surface area contributed by atoms with Crippen LogP contribution in [0.1, 0.15) is 10.7 Å². The molecule has 0 fully saturated rings. The zero-order valence-electron chi connectivity index (χ0n) is 10.7. The van der Waals surface area contributed by atoms with Crippen LogP contribution in [-0.2, 0) is 13.0 Å². The lowest BCUT2D eigenvalue weighted by molar-refractivity contribution is 0.622. The van der Waals surface area contributed by atoms with Gasteiger partial charge in [-0.2, -0.15) is 0 Å². The molecule has 2 aromatic heterocycles. The smallest absolute Gasteiger partial charge is 0.139 e. The van der Waals surface area contributed by atoms with Gasteiger partial charge in [-0.3, -0.25) is 0 Å². The summed E-state index contributed by atoms with van der Waals surface area (Å²) in [6.07, 6.45) is 0.655. The summed E-state index contributed by atoms with van der Waals surface area (Å²) in [5.41, 5.74) is 1.57. The van der Waals surface area contributed by atoms with E-state index in [2.05, 4.69) is 47.5 Å². The number of thiophene rings is 1. The zero-order chi connectivity index (χ0) is 15.0. The van der Waals surface area contributed by atoms with Gasteiger partial charge in [0, 0.05) is 23.2 Å². The fraction of sp³-hybridized carbons (Fsp3) is 0.214. The van der Waals surface area contributed by atoms with Gasteiger partial charge in [-0.1, -0.05) is 0 Å². The highest BCUT2D eigenvalue weighted by Gasteiger charge is 2.14. The fourth-order valence-electron chi connectivity index (χ4n) is 2.21. The first-order valence-electron chi connectivity index (χ1n) is 6.23. The molecule has 0 bridgehead atoms. The first-order valence-corrected chi connectivity index (χ1v) is 9.16. The summed E-state index contributed by atoms with van der Waals surface area (Å²) in [5.74, 6) is 1.06. The maximum atomic E-state index is 13.7. The van der Waals surface area contributed by atoms with E-state index < -0.39 is 0 Å². The third-order valence-electron chi connectivity index (χ3n) is 3.13. The quantitative estimate of drug-likeness (QED) is 0.472. The van der Waals surface area contributed by atoms with E-state index in [1.165, 1.54) is 10.9 Å². The molecule has 21 heavy (non-hydrogen) atoms. The van der Waals surface area contributed by atoms with E-state index in [1.807, 2.05) is 6.07 Å². The number of hydrogen-bond donors (Lipinski definition) is 0. The number of hydrogen-bond acceptors (Lipinski definition) is 2. The van der Waals surface area contributed by atoms with Crippen LogP contribution in [0.4, 0.5) is 4.39 Å². The number of alkyl halides is 1. The highest BCUT2D eigenvalue weighted by atomic mass is 79.9. The van der Waals surface area contributed by atoms with Crippen molar-refractivity contribution in [2.24, 2.45) is 0 Å². The Balaban J connectivity index is 2.12. The molecule has 110 valence electrons. The van der Waals surface area contributed by atoms with Crippen molar-refractivity contribution in [1.82, 2.24) is 9.55 Å². The summed E-state index contributed by atoms with van der Waals surface area (Å²) in [7, 11) is 0. The Morgan fingerprint density at radius 1 is 1.29 bits per heavy atom. The van der Waals surface area contributed by atoms with Gasteiger partial charge in [-0.05, 0) is 50.1 Å². The van der Waals surface area contributed by atoms with Gasteiger partial charge in [0.15, 0.2) is 0 Å². The lowest BCUT2D eigenvalue weighted by Gasteiger charge is -2.07. The molecule has 0 radical (unpaired) electrons. The summed E-state index contributed by atoms with van der Waals surface area (Å²) < 4.78 is 17.3. The zero-order valence-corrected chi connectivity index (χ0v) is 15.5. The standard InChI is InChI=1S/C14H10Br2ClFN2S/c15-9-5-12-11(6-10(9)18)19-14(3-4-17)20(12)7-8-1-2-13(16)21-8/h1-2,5-6H,3-4,7H2. The van der Waals surface area contributed by atoms with Crippen LogP contribution in [0.2, 0.25) is 0 Å². The number of benzene rings is 1. The lowest BCUT2D eigenvalue weighted by Crippen LogP contribution is -2.05. The van der Waals surface area contributed by atoms with Crippen molar-refractivity contribution in [3.05, 3.63) is 49.0 Å². The van der Waals surface area contributed by atoms with Crippen LogP contribution in [0.3, 0.4) is 0 Å². The molecule has 1 aromatic carbocycles. The number of fused-ring (bicyclic) bond motifs is 1. The van der Waals surface area contributed by atoms with Crippen LogP contribution in [-0.4, -0.2) is 15.4 Å². The van der Waals surface area contributed by atoms with Crippen LogP contribution < -0.4 is 0 Å². The second-order valence-electron chi connectivity index (χ2n) is 4.51. The molecule has 0 saturated carbocycles. The normalized spacial score (nSPS) is 11.4. The van der Waals surface area contributed by atoms with Crippen LogP contribution in [0.15, 0.2) is 32.5 Å². The molecule has 0 saturated heterocycles. The van der Waals surface area contributed by atoms with Crippen molar-refractivity contribution in [3.63, 3.8) is 0 Å². The minimum absolute atomic E-state index is 0.302. The topological polar surface area (TPSA) is 17.8 Å². The minimum atomic E-state index is -0.302. The van der Waals surface area contributed by atoms with E-state index >= 15 is 0 Å². The molecule has 3 rings (SSSR count). The number of aryl methyl sites for hydroxylation is 1. The molecule has 0 amide bonds. The molecule has 2 heterocycles. The Kier molecular flexibility index (Phi) is 4.69. The van der Waals surface area contributed by atoms with Crippen LogP contribution >= 0.6 is 54.8 Å². The predicted octanol–water partition coefficient (Wildman–Crippen LogP) is 5.59. The third-order valence-corrected chi connectivity index (χ3v) is 5.54. The third kappa shape index (κ3) is 3.18. The van der Waals surface area contributed by atoms with Crippen LogP contribution in [0.25, 0.3) is 11.0 Å². The number of halogens is 4. The van der Waals surface area contributed by atoms with Gasteiger partial charge in [0.25, 0.3) is 0 Å². The van der Waals surface area contributed by atoms with Crippen molar-refractivity contribution in [2.75, 3.05) is 5.88 Å². The number of nitrogens with zero attached hydrogens (tertiary/aromatic N) is 2. The van der Waals surface area contributed by atoms with Crippen molar-refractivity contribution < 1.29 is 4.39 Å². The molecular weight excluding hydrogens is 442 g/mol. The van der Waals surface area contributed by atoms with E-state index in [4.69, 9.17) is 11.6 Å². The number of imidazole rings is 1. The lowest BCUT2D eigenvalue weighted by atomic mass is 10.3. The first-order chi connectivity index (χ1) is 10.1. The Hall–Kier alpha value is -0.430. The molecule has 2 nitrogen and oxygen atoms in total. The van der Waals surface area contributed by atoms with Gasteiger partial charge in [0.1, 0.15) is 11.6 Å². The SMILES string of the molecule is Fc1cc2nc(CCCl)n(Cc3ccc(Br)s3)c2cc1Br. The largest absolute Gasteiger partial charge is 0.323 e. The van der Waals surface area contributed by atoms with E-state index in [-0.39, 0.29) is 5.82 Å². The summed E-state index contributed by atoms with van der Waals surface area (Å²) >= 11 is 14.3. The molecule has 7 heteroatoms. The summed E-state index contributed by atoms with van der Waals surface area (Å²) in [5, 5.41) is 0. The monoisotopic (exact) mass is 450 g/mol. The van der Waals surface area contributed by atoms with Crippen molar-refractivity contribution in [2.45, 2.75) is 13.0 Å². The Morgan fingerprint density at radius 2 is 2.10 bits per heavy atom. The number of aromatic nitrogens is 2. The van der Waals surface area contributed by atoms with E-state index in [1.54, 1.807) is 17.4 Å². The van der Waals surface area contributed by atoms with Crippen molar-refractivity contribution >= 4 is 65.8 Å². The molecule has 0 N–H and O–H groups in total. The van der Waals surface area contributed by atoms with Gasteiger partial charge in [0.2, 0.25) is 0 Å². The molecule has 0 spiro atoms. The maximum absolute atomic E-state index is 13.7. The molecule has 0 aliphatic carbocycles. The van der Waals surface area contributed by atoms with E-state index in [0.29, 0.717) is 28.8 Å². The first kappa shape index (κ1) is 15.5. The predicted molar refractivity (Wildman–Crippen MR) is 92.9 cm³/mol. The Labute approximate surface area is 147 Å². The Bertz CT molecular complexity index is 800. The molecule has 3 aromatic rings. The Morgan fingerprint density at radius 3 is 2.76 bits per heavy atom. The van der Waals surface area contributed by atoms with Gasteiger partial charge in [-0.15, -0.1) is 22.9 Å². The van der Waals surface area contributed by atoms with Crippen molar-refractivity contribution in [1.29, 1.82) is 0 Å². The minimum Gasteiger partial charge on any atom is -0.323 e. The van der Waals surface area contributed by atoms with Crippen molar-refractivity contribution in [3.8, 4) is 0 Å². The fourth-order valence-corrected chi connectivity index (χ4v) is 4.19. The second kappa shape index (κ2) is 6.36. The van der Waals surface area contributed by atoms with E-state index in [0.717, 1.165) is 15.1 Å². The van der Waals surface area contributed by atoms with Gasteiger partial charge in [0.05, 0.1) is 25.8 Å². The molecule has 0 aliphatic rings. The molecule has 0 unspecified atom stereocenters. The maximum Gasteiger partial charge on any atom is 0.139 e. The highest BCUT2D eigenvalue weighted by molar-refractivity contribution is 9.11. The second-order valence-corrected chi connectivity index (χ2v) is 8.29. The average Bonchev–Trinajstić information content (AvgIpc) is 2.97. The van der Waals surface area contributed by atoms with Crippen LogP contribution in [0.5, 0.6) is 0 Å². The van der Waals surface area contributed by atoms with Gasteiger partial charge in [-0.25, -0.2) is 9.37 Å². The van der Waals surface area contributed by atoms with E-state index in [9.17, 15) is 4.39 Å². The average molecular weight is 453 g/mol. The molecule has 0 aliphatic heterocycles. The summed E-state index contributed by atoms with van der Waals surface area (Å²) in [4.78, 5) is 5.72. The molecule has 0 atom stereocenters. The molecular formula is C14H10Br2ClFN2S. The van der Waals surface area contributed by atoms with Gasteiger partial charge >= 0.3 is 0 Å². The van der Waals surface area contributed by atoms with Crippen LogP contribution in [0, 0.1) is 5.82 Å².